The van der Waals surface area contributed by atoms with Crippen molar-refractivity contribution in [3.05, 3.63) is 107 Å². The number of aryl methyl sites for hydroxylation is 1. The maximum Gasteiger partial charge on any atom is 0.409 e. The number of ether oxygens (including phenoxy) is 1. The number of aromatic amines is 1. The molecule has 0 fully saturated rings. The molecule has 3 aromatic carbocycles. The molecule has 1 aliphatic rings. The van der Waals surface area contributed by atoms with Crippen LogP contribution in [0.4, 0.5) is 4.79 Å². The molecule has 0 radical (unpaired) electrons. The molecule has 1 aromatic heterocycles. The van der Waals surface area contributed by atoms with Crippen molar-refractivity contribution in [2.45, 2.75) is 44.6 Å². The van der Waals surface area contributed by atoms with Gasteiger partial charge in [0, 0.05) is 23.5 Å². The minimum Gasteiger partial charge on any atom is -0.445 e. The van der Waals surface area contributed by atoms with Crippen LogP contribution in [0, 0.1) is 0 Å². The van der Waals surface area contributed by atoms with Crippen molar-refractivity contribution in [3.8, 4) is 0 Å². The van der Waals surface area contributed by atoms with E-state index in [2.05, 4.69) is 46.1 Å². The highest BCUT2D eigenvalue weighted by atomic mass is 16.7. The van der Waals surface area contributed by atoms with E-state index < -0.39 is 12.3 Å². The molecule has 0 aliphatic heterocycles. The SMILES string of the molecule is O=C(NC(Cc1c[nH]c2ccccc12)ONC1CCCc2ccccc21)OCc1ccccc1. The maximum absolute atomic E-state index is 12.6. The third-order valence-corrected chi connectivity index (χ3v) is 6.29. The number of carbonyl (C=O) groups excluding carboxylic acids is 1. The van der Waals surface area contributed by atoms with Crippen molar-refractivity contribution >= 4 is 17.0 Å². The predicted molar refractivity (Wildman–Crippen MR) is 132 cm³/mol. The van der Waals surface area contributed by atoms with Crippen molar-refractivity contribution in [2.24, 2.45) is 0 Å². The highest BCUT2D eigenvalue weighted by Gasteiger charge is 2.23. The summed E-state index contributed by atoms with van der Waals surface area (Å²) >= 11 is 0. The topological polar surface area (TPSA) is 75.4 Å². The first-order chi connectivity index (χ1) is 16.8. The fourth-order valence-electron chi connectivity index (χ4n) is 4.56. The number of benzene rings is 3. The largest absolute Gasteiger partial charge is 0.445 e. The van der Waals surface area contributed by atoms with Crippen LogP contribution in [0.15, 0.2) is 85.1 Å². The Kier molecular flexibility index (Phi) is 6.89. The first-order valence-corrected chi connectivity index (χ1v) is 11.8. The van der Waals surface area contributed by atoms with Crippen LogP contribution in [0.25, 0.3) is 10.9 Å². The molecule has 1 heterocycles. The summed E-state index contributed by atoms with van der Waals surface area (Å²) in [6, 6.07) is 26.3. The van der Waals surface area contributed by atoms with E-state index in [1.807, 2.05) is 54.7 Å². The molecule has 3 N–H and O–H groups in total. The highest BCUT2D eigenvalue weighted by Crippen LogP contribution is 2.29. The second-order valence-electron chi connectivity index (χ2n) is 8.64. The molecule has 4 aromatic rings. The number of aromatic nitrogens is 1. The number of rotatable bonds is 8. The lowest BCUT2D eigenvalue weighted by Gasteiger charge is -2.28. The predicted octanol–water partition coefficient (Wildman–Crippen LogP) is 5.56. The van der Waals surface area contributed by atoms with Gasteiger partial charge in [-0.3, -0.25) is 10.2 Å². The van der Waals surface area contributed by atoms with E-state index in [0.717, 1.165) is 41.3 Å². The number of hydrogen-bond acceptors (Lipinski definition) is 4. The Balaban J connectivity index is 1.28. The van der Waals surface area contributed by atoms with Crippen LogP contribution in [0.2, 0.25) is 0 Å². The summed E-state index contributed by atoms with van der Waals surface area (Å²) in [4.78, 5) is 22.0. The third kappa shape index (κ3) is 5.30. The Hall–Kier alpha value is -3.61. The Morgan fingerprint density at radius 3 is 2.71 bits per heavy atom. The number of amides is 1. The van der Waals surface area contributed by atoms with Crippen molar-refractivity contribution in [1.29, 1.82) is 0 Å². The standard InChI is InChI=1S/C28H29N3O3/c32-28(33-19-20-9-2-1-3-10-20)30-27(17-22-18-29-25-15-7-6-14-24(22)25)34-31-26-16-8-12-21-11-4-5-13-23(21)26/h1-7,9-11,13-15,18,26-27,29,31H,8,12,16-17,19H2,(H,30,32). The Morgan fingerprint density at radius 2 is 1.79 bits per heavy atom. The number of para-hydroxylation sites is 1. The monoisotopic (exact) mass is 455 g/mol. The number of hydroxylamine groups is 1. The van der Waals surface area contributed by atoms with Crippen molar-refractivity contribution in [2.75, 3.05) is 0 Å². The quantitative estimate of drug-likeness (QED) is 0.240. The van der Waals surface area contributed by atoms with E-state index in [4.69, 9.17) is 9.57 Å². The summed E-state index contributed by atoms with van der Waals surface area (Å²) in [5, 5.41) is 4.00. The molecule has 1 amide bonds. The summed E-state index contributed by atoms with van der Waals surface area (Å²) in [5.41, 5.74) is 8.89. The van der Waals surface area contributed by atoms with E-state index in [-0.39, 0.29) is 12.6 Å². The second-order valence-corrected chi connectivity index (χ2v) is 8.64. The zero-order valence-corrected chi connectivity index (χ0v) is 19.0. The summed E-state index contributed by atoms with van der Waals surface area (Å²) < 4.78 is 5.45. The van der Waals surface area contributed by atoms with Crippen LogP contribution in [-0.4, -0.2) is 17.3 Å². The van der Waals surface area contributed by atoms with Crippen LogP contribution in [0.5, 0.6) is 0 Å². The molecular formula is C28H29N3O3. The van der Waals surface area contributed by atoms with Gasteiger partial charge in [0.15, 0.2) is 6.23 Å². The van der Waals surface area contributed by atoms with Gasteiger partial charge < -0.3 is 9.72 Å². The molecule has 6 heteroatoms. The third-order valence-electron chi connectivity index (χ3n) is 6.29. The molecule has 34 heavy (non-hydrogen) atoms. The summed E-state index contributed by atoms with van der Waals surface area (Å²) in [7, 11) is 0. The highest BCUT2D eigenvalue weighted by molar-refractivity contribution is 5.83. The van der Waals surface area contributed by atoms with Crippen molar-refractivity contribution in [3.63, 3.8) is 0 Å². The van der Waals surface area contributed by atoms with E-state index in [9.17, 15) is 4.79 Å². The summed E-state index contributed by atoms with van der Waals surface area (Å²) in [6.45, 7) is 0.204. The van der Waals surface area contributed by atoms with Gasteiger partial charge in [0.1, 0.15) is 6.61 Å². The molecule has 174 valence electrons. The molecule has 6 nitrogen and oxygen atoms in total. The molecule has 0 spiro atoms. The molecule has 1 aliphatic carbocycles. The number of alkyl carbamates (subject to hydrolysis) is 1. The summed E-state index contributed by atoms with van der Waals surface area (Å²) in [5.74, 6) is 0. The smallest absolute Gasteiger partial charge is 0.409 e. The molecule has 0 bridgehead atoms. The average Bonchev–Trinajstić information content (AvgIpc) is 3.29. The fraction of sp³-hybridized carbons (Fsp3) is 0.250. The normalized spacial score (nSPS) is 16.1. The van der Waals surface area contributed by atoms with Crippen LogP contribution in [-0.2, 0) is 29.0 Å². The molecule has 0 saturated heterocycles. The van der Waals surface area contributed by atoms with E-state index in [0.29, 0.717) is 6.42 Å². The number of hydrogen-bond donors (Lipinski definition) is 3. The number of nitrogens with one attached hydrogen (secondary N) is 3. The van der Waals surface area contributed by atoms with Crippen LogP contribution in [0.1, 0.15) is 41.1 Å². The maximum atomic E-state index is 12.6. The number of carbonyl (C=O) groups is 1. The minimum atomic E-state index is -0.600. The lowest BCUT2D eigenvalue weighted by atomic mass is 9.88. The van der Waals surface area contributed by atoms with Gasteiger partial charge in [-0.25, -0.2) is 4.79 Å². The van der Waals surface area contributed by atoms with Gasteiger partial charge >= 0.3 is 6.09 Å². The van der Waals surface area contributed by atoms with Gasteiger partial charge in [0.25, 0.3) is 0 Å². The number of H-pyrrole nitrogens is 1. The lowest BCUT2D eigenvalue weighted by molar-refractivity contribution is -0.0609. The molecule has 5 rings (SSSR count). The van der Waals surface area contributed by atoms with Gasteiger partial charge in [-0.2, -0.15) is 5.48 Å². The Bertz CT molecular complexity index is 1240. The van der Waals surface area contributed by atoms with Gasteiger partial charge in [0.2, 0.25) is 0 Å². The van der Waals surface area contributed by atoms with E-state index in [1.54, 1.807) is 0 Å². The molecule has 2 unspecified atom stereocenters. The Labute approximate surface area is 199 Å². The zero-order valence-electron chi connectivity index (χ0n) is 19.0. The van der Waals surface area contributed by atoms with Gasteiger partial charge in [-0.15, -0.1) is 0 Å². The molecule has 0 saturated carbocycles. The van der Waals surface area contributed by atoms with Gasteiger partial charge in [-0.1, -0.05) is 72.8 Å². The van der Waals surface area contributed by atoms with Crippen LogP contribution < -0.4 is 10.8 Å². The first kappa shape index (κ1) is 22.2. The second kappa shape index (κ2) is 10.5. The fourth-order valence-corrected chi connectivity index (χ4v) is 4.56. The first-order valence-electron chi connectivity index (χ1n) is 11.8. The molecular weight excluding hydrogens is 426 g/mol. The Morgan fingerprint density at radius 1 is 1.00 bits per heavy atom. The van der Waals surface area contributed by atoms with Crippen molar-refractivity contribution in [1.82, 2.24) is 15.8 Å². The van der Waals surface area contributed by atoms with E-state index in [1.165, 1.54) is 11.1 Å². The summed E-state index contributed by atoms with van der Waals surface area (Å²) in [6.07, 6.45) is 4.50. The van der Waals surface area contributed by atoms with Gasteiger partial charge in [0.05, 0.1) is 6.04 Å². The van der Waals surface area contributed by atoms with Crippen molar-refractivity contribution < 1.29 is 14.4 Å². The zero-order chi connectivity index (χ0) is 23.2. The molecule has 2 atom stereocenters. The van der Waals surface area contributed by atoms with Crippen LogP contribution in [0.3, 0.4) is 0 Å². The van der Waals surface area contributed by atoms with E-state index >= 15 is 0 Å². The van der Waals surface area contributed by atoms with Gasteiger partial charge in [-0.05, 0) is 47.6 Å². The lowest BCUT2D eigenvalue weighted by Crippen LogP contribution is -2.43. The minimum absolute atomic E-state index is 0.0811. The van der Waals surface area contributed by atoms with Crippen LogP contribution >= 0.6 is 0 Å². The number of fused-ring (bicyclic) bond motifs is 2. The average molecular weight is 456 g/mol.